The zero-order valence-corrected chi connectivity index (χ0v) is 13.5. The number of alkyl halides is 3. The molecule has 1 N–H and O–H groups in total. The lowest BCUT2D eigenvalue weighted by Gasteiger charge is -2.40. The molecule has 2 rings (SSSR count). The molecule has 8 heteroatoms. The van der Waals surface area contributed by atoms with Gasteiger partial charge in [-0.15, -0.1) is 0 Å². The van der Waals surface area contributed by atoms with E-state index in [-0.39, 0.29) is 23.5 Å². The van der Waals surface area contributed by atoms with E-state index < -0.39 is 18.7 Å². The number of nitrogens with zero attached hydrogens (tertiary/aromatic N) is 2. The molecule has 1 aromatic rings. The van der Waals surface area contributed by atoms with E-state index in [1.165, 1.54) is 18.3 Å². The number of aliphatic hydroxyl groups excluding tert-OH is 1. The first-order valence-corrected chi connectivity index (χ1v) is 7.85. The number of hydrogen-bond acceptors (Lipinski definition) is 4. The predicted molar refractivity (Wildman–Crippen MR) is 80.7 cm³/mol. The molecule has 0 spiro atoms. The monoisotopic (exact) mass is 346 g/mol. The molecule has 2 heterocycles. The molecular formula is C16H21F3N2O3. The Bertz CT molecular complexity index is 564. The quantitative estimate of drug-likeness (QED) is 0.890. The second-order valence-electron chi connectivity index (χ2n) is 6.06. The minimum atomic E-state index is -4.50. The topological polar surface area (TPSA) is 62.7 Å². The number of aliphatic hydroxyl groups is 1. The number of hydrogen-bond donors (Lipinski definition) is 1. The van der Waals surface area contributed by atoms with Crippen molar-refractivity contribution in [3.63, 3.8) is 0 Å². The van der Waals surface area contributed by atoms with Crippen LogP contribution in [0.25, 0.3) is 0 Å². The molecule has 0 saturated carbocycles. The third kappa shape index (κ3) is 4.37. The van der Waals surface area contributed by atoms with Gasteiger partial charge in [0.1, 0.15) is 5.56 Å². The summed E-state index contributed by atoms with van der Waals surface area (Å²) in [5, 5.41) is 9.53. The highest BCUT2D eigenvalue weighted by Crippen LogP contribution is 2.35. The standard InChI is InChI=1S/C16H21F3N2O3/c1-2-15(10-22)5-8-21(9-6-15)14(23)12-4-3-7-20-13(12)24-11-16(17,18)19/h3-4,7,22H,2,5-6,8-11H2,1H3. The Morgan fingerprint density at radius 1 is 1.42 bits per heavy atom. The molecule has 0 radical (unpaired) electrons. The molecule has 1 saturated heterocycles. The number of halogens is 3. The summed E-state index contributed by atoms with van der Waals surface area (Å²) in [5.41, 5.74) is -0.156. The molecular weight excluding hydrogens is 325 g/mol. The number of piperidine rings is 1. The molecule has 1 aliphatic rings. The van der Waals surface area contributed by atoms with E-state index in [1.807, 2.05) is 6.92 Å². The van der Waals surface area contributed by atoms with Gasteiger partial charge in [0.25, 0.3) is 5.91 Å². The lowest BCUT2D eigenvalue weighted by molar-refractivity contribution is -0.154. The average molecular weight is 346 g/mol. The van der Waals surface area contributed by atoms with Crippen molar-refractivity contribution in [3.05, 3.63) is 23.9 Å². The fourth-order valence-corrected chi connectivity index (χ4v) is 2.80. The van der Waals surface area contributed by atoms with Gasteiger partial charge in [-0.05, 0) is 36.8 Å². The number of carbonyl (C=O) groups excluding carboxylic acids is 1. The maximum Gasteiger partial charge on any atom is 0.422 e. The normalized spacial score (nSPS) is 17.6. The Balaban J connectivity index is 2.08. The number of likely N-dealkylation sites (tertiary alicyclic amines) is 1. The van der Waals surface area contributed by atoms with Crippen LogP contribution in [0.1, 0.15) is 36.5 Å². The van der Waals surface area contributed by atoms with Gasteiger partial charge in [0.2, 0.25) is 5.88 Å². The number of amides is 1. The Morgan fingerprint density at radius 3 is 2.62 bits per heavy atom. The maximum atomic E-state index is 12.6. The van der Waals surface area contributed by atoms with E-state index >= 15 is 0 Å². The van der Waals surface area contributed by atoms with E-state index in [0.717, 1.165) is 6.42 Å². The summed E-state index contributed by atoms with van der Waals surface area (Å²) < 4.78 is 41.6. The van der Waals surface area contributed by atoms with Crippen molar-refractivity contribution in [2.24, 2.45) is 5.41 Å². The Hall–Kier alpha value is -1.83. The Morgan fingerprint density at radius 2 is 2.08 bits per heavy atom. The molecule has 134 valence electrons. The number of rotatable bonds is 5. The van der Waals surface area contributed by atoms with Crippen LogP contribution in [0.3, 0.4) is 0 Å². The number of pyridine rings is 1. The molecule has 1 fully saturated rings. The minimum absolute atomic E-state index is 0.0229. The molecule has 0 unspecified atom stereocenters. The van der Waals surface area contributed by atoms with Gasteiger partial charge in [0, 0.05) is 25.9 Å². The van der Waals surface area contributed by atoms with Gasteiger partial charge >= 0.3 is 6.18 Å². The zero-order valence-electron chi connectivity index (χ0n) is 13.5. The molecule has 0 aliphatic carbocycles. The third-order valence-electron chi connectivity index (χ3n) is 4.57. The minimum Gasteiger partial charge on any atom is -0.467 e. The largest absolute Gasteiger partial charge is 0.467 e. The predicted octanol–water partition coefficient (Wildman–Crippen LogP) is 2.65. The van der Waals surface area contributed by atoms with Gasteiger partial charge in [0.05, 0.1) is 0 Å². The van der Waals surface area contributed by atoms with Crippen LogP contribution in [0.2, 0.25) is 0 Å². The molecule has 5 nitrogen and oxygen atoms in total. The lowest BCUT2D eigenvalue weighted by Crippen LogP contribution is -2.44. The summed E-state index contributed by atoms with van der Waals surface area (Å²) in [5.74, 6) is -0.711. The lowest BCUT2D eigenvalue weighted by atomic mass is 9.77. The van der Waals surface area contributed by atoms with Crippen LogP contribution in [0, 0.1) is 5.41 Å². The van der Waals surface area contributed by atoms with E-state index in [0.29, 0.717) is 25.9 Å². The van der Waals surface area contributed by atoms with Gasteiger partial charge < -0.3 is 14.7 Å². The summed E-state index contributed by atoms with van der Waals surface area (Å²) in [7, 11) is 0. The summed E-state index contributed by atoms with van der Waals surface area (Å²) in [4.78, 5) is 17.9. The highest BCUT2D eigenvalue weighted by Gasteiger charge is 2.35. The third-order valence-corrected chi connectivity index (χ3v) is 4.57. The molecule has 0 aromatic carbocycles. The average Bonchev–Trinajstić information content (AvgIpc) is 2.59. The van der Waals surface area contributed by atoms with E-state index in [9.17, 15) is 23.1 Å². The maximum absolute atomic E-state index is 12.6. The zero-order chi connectivity index (χ0) is 17.8. The van der Waals surface area contributed by atoms with Crippen molar-refractivity contribution in [1.29, 1.82) is 0 Å². The second-order valence-corrected chi connectivity index (χ2v) is 6.06. The van der Waals surface area contributed by atoms with Crippen LogP contribution in [0.15, 0.2) is 18.3 Å². The molecule has 0 bridgehead atoms. The van der Waals surface area contributed by atoms with Crippen molar-refractivity contribution in [2.75, 3.05) is 26.3 Å². The Kier molecular flexibility index (Phi) is 5.69. The van der Waals surface area contributed by atoms with Crippen LogP contribution in [-0.2, 0) is 0 Å². The first-order valence-electron chi connectivity index (χ1n) is 7.85. The number of ether oxygens (including phenoxy) is 1. The molecule has 0 atom stereocenters. The fraction of sp³-hybridized carbons (Fsp3) is 0.625. The van der Waals surface area contributed by atoms with E-state index in [4.69, 9.17) is 0 Å². The van der Waals surface area contributed by atoms with Crippen molar-refractivity contribution in [2.45, 2.75) is 32.4 Å². The molecule has 1 aliphatic heterocycles. The van der Waals surface area contributed by atoms with Gasteiger partial charge in [-0.25, -0.2) is 4.98 Å². The van der Waals surface area contributed by atoms with Gasteiger partial charge in [-0.3, -0.25) is 4.79 Å². The van der Waals surface area contributed by atoms with Crippen LogP contribution in [0.4, 0.5) is 13.2 Å². The van der Waals surface area contributed by atoms with Gasteiger partial charge in [0.15, 0.2) is 6.61 Å². The van der Waals surface area contributed by atoms with Crippen molar-refractivity contribution >= 4 is 5.91 Å². The Labute approximate surface area is 138 Å². The second kappa shape index (κ2) is 7.38. The van der Waals surface area contributed by atoms with Crippen LogP contribution < -0.4 is 4.74 Å². The molecule has 1 amide bonds. The van der Waals surface area contributed by atoms with Crippen molar-refractivity contribution in [1.82, 2.24) is 9.88 Å². The summed E-state index contributed by atoms with van der Waals surface area (Å²) >= 11 is 0. The summed E-state index contributed by atoms with van der Waals surface area (Å²) in [6.07, 6.45) is -1.08. The van der Waals surface area contributed by atoms with Crippen molar-refractivity contribution < 1.29 is 27.8 Å². The smallest absolute Gasteiger partial charge is 0.422 e. The highest BCUT2D eigenvalue weighted by atomic mass is 19.4. The summed E-state index contributed by atoms with van der Waals surface area (Å²) in [6, 6.07) is 2.90. The van der Waals surface area contributed by atoms with Crippen LogP contribution >= 0.6 is 0 Å². The first kappa shape index (κ1) is 18.5. The molecule has 1 aromatic heterocycles. The number of carbonyl (C=O) groups is 1. The van der Waals surface area contributed by atoms with E-state index in [2.05, 4.69) is 9.72 Å². The van der Waals surface area contributed by atoms with Crippen LogP contribution in [-0.4, -0.2) is 53.4 Å². The SMILES string of the molecule is CCC1(CO)CCN(C(=O)c2cccnc2OCC(F)(F)F)CC1. The van der Waals surface area contributed by atoms with E-state index in [1.54, 1.807) is 4.90 Å². The fourth-order valence-electron chi connectivity index (χ4n) is 2.80. The van der Waals surface area contributed by atoms with Gasteiger partial charge in [-0.2, -0.15) is 13.2 Å². The number of aromatic nitrogens is 1. The first-order chi connectivity index (χ1) is 11.3. The highest BCUT2D eigenvalue weighted by molar-refractivity contribution is 5.96. The van der Waals surface area contributed by atoms with Gasteiger partial charge in [-0.1, -0.05) is 6.92 Å². The summed E-state index contributed by atoms with van der Waals surface area (Å²) in [6.45, 7) is 1.46. The van der Waals surface area contributed by atoms with Crippen molar-refractivity contribution in [3.8, 4) is 5.88 Å². The molecule has 24 heavy (non-hydrogen) atoms. The van der Waals surface area contributed by atoms with Crippen LogP contribution in [0.5, 0.6) is 5.88 Å².